The monoisotopic (exact) mass is 205 g/mol. The van der Waals surface area contributed by atoms with Crippen molar-refractivity contribution in [2.24, 2.45) is 5.92 Å². The second kappa shape index (κ2) is 9.83. The molecule has 14 heavy (non-hydrogen) atoms. The van der Waals surface area contributed by atoms with Gasteiger partial charge >= 0.3 is 12.1 Å². The fourth-order valence-corrected chi connectivity index (χ4v) is 0.435. The van der Waals surface area contributed by atoms with Gasteiger partial charge in [0.25, 0.3) is 0 Å². The van der Waals surface area contributed by atoms with E-state index in [0.29, 0.717) is 6.42 Å². The van der Waals surface area contributed by atoms with E-state index in [2.05, 4.69) is 26.1 Å². The number of carboxylic acids is 1. The van der Waals surface area contributed by atoms with Crippen molar-refractivity contribution in [2.45, 2.75) is 33.6 Å². The van der Waals surface area contributed by atoms with Crippen LogP contribution in [0.4, 0.5) is 4.79 Å². The van der Waals surface area contributed by atoms with Crippen molar-refractivity contribution >= 4 is 12.1 Å². The smallest absolute Gasteiger partial charge is 0.404 e. The van der Waals surface area contributed by atoms with Gasteiger partial charge in [0.1, 0.15) is 0 Å². The molecule has 5 heteroatoms. The van der Waals surface area contributed by atoms with Crippen LogP contribution < -0.4 is 5.32 Å². The lowest BCUT2D eigenvalue weighted by Crippen LogP contribution is -2.22. The van der Waals surface area contributed by atoms with Crippen molar-refractivity contribution in [3.05, 3.63) is 0 Å². The van der Waals surface area contributed by atoms with Crippen LogP contribution in [0, 0.1) is 5.92 Å². The van der Waals surface area contributed by atoms with Crippen molar-refractivity contribution in [1.82, 2.24) is 5.32 Å². The average molecular weight is 205 g/mol. The molecule has 0 aliphatic rings. The van der Waals surface area contributed by atoms with Crippen molar-refractivity contribution in [3.63, 3.8) is 0 Å². The molecule has 5 nitrogen and oxygen atoms in total. The first-order valence-corrected chi connectivity index (χ1v) is 4.54. The van der Waals surface area contributed by atoms with Crippen molar-refractivity contribution in [1.29, 1.82) is 0 Å². The Balaban J connectivity index is 0. The normalized spacial score (nSPS) is 8.86. The van der Waals surface area contributed by atoms with Crippen molar-refractivity contribution in [3.8, 4) is 0 Å². The van der Waals surface area contributed by atoms with E-state index in [1.54, 1.807) is 0 Å². The predicted molar refractivity (Wildman–Crippen MR) is 53.4 cm³/mol. The third-order valence-electron chi connectivity index (χ3n) is 0.844. The summed E-state index contributed by atoms with van der Waals surface area (Å²) >= 11 is 0. The van der Waals surface area contributed by atoms with E-state index in [1.165, 1.54) is 0 Å². The molecule has 0 atom stereocenters. The Bertz CT molecular complexity index is 149. The second-order valence-corrected chi connectivity index (χ2v) is 3.46. The molecule has 0 aliphatic carbocycles. The molecule has 0 aromatic rings. The lowest BCUT2D eigenvalue weighted by Gasteiger charge is -1.96. The quantitative estimate of drug-likeness (QED) is 0.610. The molecule has 0 fully saturated rings. The summed E-state index contributed by atoms with van der Waals surface area (Å²) in [7, 11) is 0. The molecule has 0 aliphatic heterocycles. The first kappa shape index (κ1) is 15.2. The van der Waals surface area contributed by atoms with Gasteiger partial charge in [0.15, 0.2) is 0 Å². The predicted octanol–water partition coefficient (Wildman–Crippen LogP) is 1.78. The van der Waals surface area contributed by atoms with Crippen LogP contribution in [0.3, 0.4) is 0 Å². The molecule has 0 spiro atoms. The van der Waals surface area contributed by atoms with Crippen LogP contribution in [0.1, 0.15) is 33.6 Å². The lowest BCUT2D eigenvalue weighted by atomic mass is 10.3. The molecule has 84 valence electrons. The Morgan fingerprint density at radius 2 is 1.64 bits per heavy atom. The van der Waals surface area contributed by atoms with Gasteiger partial charge in [-0.3, -0.25) is 4.79 Å². The van der Waals surface area contributed by atoms with Crippen LogP contribution in [0.5, 0.6) is 0 Å². The molecule has 0 saturated carbocycles. The minimum absolute atomic E-state index is 0.000278. The summed E-state index contributed by atoms with van der Waals surface area (Å²) in [6, 6.07) is 0. The summed E-state index contributed by atoms with van der Waals surface area (Å²) in [6.07, 6.45) is -0.785. The summed E-state index contributed by atoms with van der Waals surface area (Å²) in [5.74, 6) is -0.0767. The number of carboxylic acid groups (broad SMARTS) is 2. The van der Waals surface area contributed by atoms with Crippen LogP contribution in [0.2, 0.25) is 0 Å². The fourth-order valence-electron chi connectivity index (χ4n) is 0.435. The number of nitrogens with one attached hydrogen (secondary N) is 1. The second-order valence-electron chi connectivity index (χ2n) is 3.46. The summed E-state index contributed by atoms with van der Waals surface area (Å²) in [5.41, 5.74) is 0. The number of aliphatic carboxylic acids is 1. The zero-order valence-corrected chi connectivity index (χ0v) is 8.91. The maximum Gasteiger partial charge on any atom is 0.404 e. The van der Waals surface area contributed by atoms with Gasteiger partial charge in [-0.25, -0.2) is 4.79 Å². The third-order valence-corrected chi connectivity index (χ3v) is 0.844. The van der Waals surface area contributed by atoms with Gasteiger partial charge < -0.3 is 15.5 Å². The first-order chi connectivity index (χ1) is 6.36. The zero-order valence-electron chi connectivity index (χ0n) is 8.91. The largest absolute Gasteiger partial charge is 0.481 e. The Hall–Kier alpha value is -1.26. The molecule has 0 heterocycles. The van der Waals surface area contributed by atoms with E-state index in [-0.39, 0.29) is 13.0 Å². The first-order valence-electron chi connectivity index (χ1n) is 4.54. The highest BCUT2D eigenvalue weighted by Crippen LogP contribution is 1.85. The molecule has 0 unspecified atom stereocenters. The summed E-state index contributed by atoms with van der Waals surface area (Å²) in [4.78, 5) is 19.7. The van der Waals surface area contributed by atoms with Gasteiger partial charge in [0.05, 0.1) is 0 Å². The Labute approximate surface area is 84.1 Å². The molecule has 0 radical (unpaired) electrons. The average Bonchev–Trinajstić information content (AvgIpc) is 1.96. The van der Waals surface area contributed by atoms with Gasteiger partial charge in [-0.05, 0) is 12.3 Å². The highest BCUT2D eigenvalue weighted by atomic mass is 16.4. The highest BCUT2D eigenvalue weighted by Gasteiger charge is 1.97. The number of hydrogen-bond acceptors (Lipinski definition) is 2. The molecular formula is C9H19NO4. The fraction of sp³-hybridized carbons (Fsp3) is 0.778. The summed E-state index contributed by atoms with van der Waals surface area (Å²) in [6.45, 7) is 6.70. The van der Waals surface area contributed by atoms with Crippen LogP contribution >= 0.6 is 0 Å². The van der Waals surface area contributed by atoms with E-state index >= 15 is 0 Å². The van der Waals surface area contributed by atoms with Crippen LogP contribution in [0.25, 0.3) is 0 Å². The Kier molecular flexibility index (Phi) is 10.7. The van der Waals surface area contributed by atoms with Gasteiger partial charge in [0, 0.05) is 13.0 Å². The van der Waals surface area contributed by atoms with Gasteiger partial charge in [-0.1, -0.05) is 20.8 Å². The number of hydrogen-bond donors (Lipinski definition) is 3. The minimum atomic E-state index is -1.12. The highest BCUT2D eigenvalue weighted by molar-refractivity contribution is 5.67. The summed E-state index contributed by atoms with van der Waals surface area (Å²) < 4.78 is 0. The maximum atomic E-state index is 9.87. The van der Waals surface area contributed by atoms with Crippen LogP contribution in [0.15, 0.2) is 0 Å². The maximum absolute atomic E-state index is 9.87. The molecule has 0 aromatic carbocycles. The van der Waals surface area contributed by atoms with E-state index < -0.39 is 12.1 Å². The van der Waals surface area contributed by atoms with E-state index in [1.807, 2.05) is 0 Å². The van der Waals surface area contributed by atoms with Crippen molar-refractivity contribution < 1.29 is 19.8 Å². The molecular weight excluding hydrogens is 186 g/mol. The van der Waals surface area contributed by atoms with Crippen LogP contribution in [-0.2, 0) is 4.79 Å². The minimum Gasteiger partial charge on any atom is -0.481 e. The molecule has 0 bridgehead atoms. The molecule has 0 rings (SSSR count). The van der Waals surface area contributed by atoms with Crippen molar-refractivity contribution in [2.75, 3.05) is 6.54 Å². The number of amides is 1. The van der Waals surface area contributed by atoms with E-state index in [9.17, 15) is 9.59 Å². The third kappa shape index (κ3) is 30.9. The van der Waals surface area contributed by atoms with Crippen LogP contribution in [-0.4, -0.2) is 28.8 Å². The number of carbonyl (C=O) groups is 2. The SMILES string of the molecule is CC(C)C.O=C(O)CCCNC(=O)O. The van der Waals surface area contributed by atoms with Gasteiger partial charge in [-0.15, -0.1) is 0 Å². The Morgan fingerprint density at radius 1 is 1.21 bits per heavy atom. The Morgan fingerprint density at radius 3 is 1.93 bits per heavy atom. The number of rotatable bonds is 4. The standard InChI is InChI=1S/C5H9NO4.C4H10/c7-4(8)2-1-3-6-5(9)10;1-4(2)3/h6H,1-3H2,(H,7,8)(H,9,10);4H,1-3H3. The molecule has 3 N–H and O–H groups in total. The summed E-state index contributed by atoms with van der Waals surface area (Å²) in [5, 5.41) is 18.2. The van der Waals surface area contributed by atoms with E-state index in [0.717, 1.165) is 5.92 Å². The molecule has 0 saturated heterocycles. The lowest BCUT2D eigenvalue weighted by molar-refractivity contribution is -0.137. The zero-order chi connectivity index (χ0) is 11.6. The van der Waals surface area contributed by atoms with E-state index in [4.69, 9.17) is 10.2 Å². The van der Waals surface area contributed by atoms with Gasteiger partial charge in [0.2, 0.25) is 0 Å². The topological polar surface area (TPSA) is 86.6 Å². The molecule has 0 aromatic heterocycles. The van der Waals surface area contributed by atoms with Gasteiger partial charge in [-0.2, -0.15) is 0 Å². The molecule has 1 amide bonds.